The molecule has 0 aliphatic carbocycles. The molecular weight excluding hydrogens is 176 g/mol. The van der Waals surface area contributed by atoms with Crippen LogP contribution in [-0.4, -0.2) is 20.2 Å². The molecule has 0 saturated heterocycles. The van der Waals surface area contributed by atoms with Gasteiger partial charge in [0.15, 0.2) is 0 Å². The van der Waals surface area contributed by atoms with Crippen LogP contribution in [0.3, 0.4) is 0 Å². The summed E-state index contributed by atoms with van der Waals surface area (Å²) in [4.78, 5) is 0. The number of anilines is 1. The number of para-hydroxylation sites is 1. The normalized spacial score (nSPS) is 18.9. The second-order valence-electron chi connectivity index (χ2n) is 3.58. The molecule has 3 N–H and O–H groups in total. The Morgan fingerprint density at radius 2 is 2.43 bits per heavy atom. The Labute approximate surface area is 84.3 Å². The largest absolute Gasteiger partial charge is 0.495 e. The molecule has 1 heterocycles. The van der Waals surface area contributed by atoms with E-state index in [4.69, 9.17) is 10.5 Å². The number of methoxy groups -OCH3 is 1. The van der Waals surface area contributed by atoms with Crippen LogP contribution in [-0.2, 0) is 0 Å². The molecule has 0 radical (unpaired) electrons. The lowest BCUT2D eigenvalue weighted by atomic mass is 9.98. The molecule has 0 amide bonds. The van der Waals surface area contributed by atoms with Gasteiger partial charge in [-0.25, -0.2) is 0 Å². The van der Waals surface area contributed by atoms with Crippen molar-refractivity contribution in [2.24, 2.45) is 5.73 Å². The molecule has 0 spiro atoms. The summed E-state index contributed by atoms with van der Waals surface area (Å²) >= 11 is 0. The Morgan fingerprint density at radius 3 is 3.14 bits per heavy atom. The van der Waals surface area contributed by atoms with Gasteiger partial charge < -0.3 is 15.8 Å². The molecule has 1 aromatic rings. The van der Waals surface area contributed by atoms with Crippen LogP contribution < -0.4 is 15.8 Å². The molecule has 14 heavy (non-hydrogen) atoms. The van der Waals surface area contributed by atoms with E-state index < -0.39 is 0 Å². The highest BCUT2D eigenvalue weighted by atomic mass is 16.5. The van der Waals surface area contributed by atoms with Crippen molar-refractivity contribution in [1.29, 1.82) is 0 Å². The molecule has 76 valence electrons. The van der Waals surface area contributed by atoms with Crippen LogP contribution in [0.2, 0.25) is 0 Å². The van der Waals surface area contributed by atoms with Gasteiger partial charge in [0.2, 0.25) is 0 Å². The van der Waals surface area contributed by atoms with E-state index in [1.165, 1.54) is 5.56 Å². The zero-order valence-corrected chi connectivity index (χ0v) is 8.42. The molecule has 0 saturated carbocycles. The van der Waals surface area contributed by atoms with Crippen molar-refractivity contribution in [1.82, 2.24) is 0 Å². The van der Waals surface area contributed by atoms with Gasteiger partial charge in [0.1, 0.15) is 5.75 Å². The Morgan fingerprint density at radius 1 is 1.57 bits per heavy atom. The third-order valence-corrected chi connectivity index (χ3v) is 2.76. The summed E-state index contributed by atoms with van der Waals surface area (Å²) in [6, 6.07) is 6.17. The quantitative estimate of drug-likeness (QED) is 0.764. The number of benzene rings is 1. The van der Waals surface area contributed by atoms with Crippen molar-refractivity contribution in [2.75, 3.05) is 25.5 Å². The van der Waals surface area contributed by atoms with Crippen LogP contribution in [0.5, 0.6) is 5.75 Å². The van der Waals surface area contributed by atoms with E-state index in [-0.39, 0.29) is 0 Å². The average molecular weight is 192 g/mol. The highest BCUT2D eigenvalue weighted by Gasteiger charge is 2.23. The minimum absolute atomic E-state index is 0.546. The standard InChI is InChI=1S/C11H16N2O/c1-14-10-4-2-3-9-8(5-6-12)7-13-11(9)10/h2-4,8,13H,5-7,12H2,1H3. The molecule has 1 aliphatic rings. The molecule has 0 bridgehead atoms. The summed E-state index contributed by atoms with van der Waals surface area (Å²) in [5, 5.41) is 3.37. The van der Waals surface area contributed by atoms with E-state index in [0.29, 0.717) is 5.92 Å². The lowest BCUT2D eigenvalue weighted by Gasteiger charge is -2.09. The van der Waals surface area contributed by atoms with Crippen LogP contribution >= 0.6 is 0 Å². The van der Waals surface area contributed by atoms with Gasteiger partial charge in [0.05, 0.1) is 12.8 Å². The number of hydrogen-bond donors (Lipinski definition) is 2. The molecule has 3 heteroatoms. The second kappa shape index (κ2) is 3.88. The molecule has 0 fully saturated rings. The van der Waals surface area contributed by atoms with Crippen LogP contribution in [0, 0.1) is 0 Å². The van der Waals surface area contributed by atoms with Crippen LogP contribution in [0.1, 0.15) is 17.9 Å². The summed E-state index contributed by atoms with van der Waals surface area (Å²) in [7, 11) is 1.70. The fourth-order valence-electron chi connectivity index (χ4n) is 2.04. The van der Waals surface area contributed by atoms with Crippen LogP contribution in [0.4, 0.5) is 5.69 Å². The molecule has 2 rings (SSSR count). The van der Waals surface area contributed by atoms with Gasteiger partial charge in [0.25, 0.3) is 0 Å². The molecule has 1 unspecified atom stereocenters. The summed E-state index contributed by atoms with van der Waals surface area (Å²) in [6.45, 7) is 1.72. The third-order valence-electron chi connectivity index (χ3n) is 2.76. The number of fused-ring (bicyclic) bond motifs is 1. The number of rotatable bonds is 3. The Balaban J connectivity index is 2.31. The maximum absolute atomic E-state index is 5.58. The highest BCUT2D eigenvalue weighted by Crippen LogP contribution is 2.39. The van der Waals surface area contributed by atoms with E-state index in [2.05, 4.69) is 11.4 Å². The van der Waals surface area contributed by atoms with Crippen molar-refractivity contribution in [3.05, 3.63) is 23.8 Å². The van der Waals surface area contributed by atoms with E-state index >= 15 is 0 Å². The van der Waals surface area contributed by atoms with Gasteiger partial charge >= 0.3 is 0 Å². The number of nitrogens with one attached hydrogen (secondary N) is 1. The average Bonchev–Trinajstić information content (AvgIpc) is 2.62. The Hall–Kier alpha value is -1.22. The summed E-state index contributed by atoms with van der Waals surface area (Å²) in [5.41, 5.74) is 8.07. The zero-order chi connectivity index (χ0) is 9.97. The molecule has 0 aromatic heterocycles. The molecular formula is C11H16N2O. The number of nitrogens with two attached hydrogens (primary N) is 1. The van der Waals surface area contributed by atoms with Gasteiger partial charge in [-0.1, -0.05) is 12.1 Å². The highest BCUT2D eigenvalue weighted by molar-refractivity contribution is 5.66. The molecule has 3 nitrogen and oxygen atoms in total. The monoisotopic (exact) mass is 192 g/mol. The predicted octanol–water partition coefficient (Wildman–Crippen LogP) is 1.55. The first-order valence-electron chi connectivity index (χ1n) is 4.97. The van der Waals surface area contributed by atoms with Crippen molar-refractivity contribution < 1.29 is 4.74 Å². The summed E-state index contributed by atoms with van der Waals surface area (Å²) in [6.07, 6.45) is 1.03. The number of hydrogen-bond acceptors (Lipinski definition) is 3. The van der Waals surface area contributed by atoms with Crippen LogP contribution in [0.15, 0.2) is 18.2 Å². The van der Waals surface area contributed by atoms with Crippen molar-refractivity contribution in [2.45, 2.75) is 12.3 Å². The Bertz CT molecular complexity index is 325. The Kier molecular flexibility index (Phi) is 2.59. The fraction of sp³-hybridized carbons (Fsp3) is 0.455. The summed E-state index contributed by atoms with van der Waals surface area (Å²) in [5.74, 6) is 1.48. The van der Waals surface area contributed by atoms with Gasteiger partial charge in [-0.15, -0.1) is 0 Å². The first-order valence-corrected chi connectivity index (χ1v) is 4.97. The minimum atomic E-state index is 0.546. The SMILES string of the molecule is COc1cccc2c1NCC2CCN. The van der Waals surface area contributed by atoms with Gasteiger partial charge in [-0.3, -0.25) is 0 Å². The van der Waals surface area contributed by atoms with E-state index in [1.807, 2.05) is 12.1 Å². The first kappa shape index (κ1) is 9.34. The minimum Gasteiger partial charge on any atom is -0.495 e. The lowest BCUT2D eigenvalue weighted by molar-refractivity contribution is 0.416. The van der Waals surface area contributed by atoms with E-state index in [1.54, 1.807) is 7.11 Å². The zero-order valence-electron chi connectivity index (χ0n) is 8.42. The van der Waals surface area contributed by atoms with Gasteiger partial charge in [-0.05, 0) is 24.6 Å². The molecule has 1 atom stereocenters. The van der Waals surface area contributed by atoms with Crippen LogP contribution in [0.25, 0.3) is 0 Å². The maximum Gasteiger partial charge on any atom is 0.142 e. The topological polar surface area (TPSA) is 47.3 Å². The summed E-state index contributed by atoms with van der Waals surface area (Å²) < 4.78 is 5.29. The first-order chi connectivity index (χ1) is 6.86. The van der Waals surface area contributed by atoms with Gasteiger partial charge in [-0.2, -0.15) is 0 Å². The smallest absolute Gasteiger partial charge is 0.142 e. The number of ether oxygens (including phenoxy) is 1. The van der Waals surface area contributed by atoms with Crippen molar-refractivity contribution in [3.8, 4) is 5.75 Å². The maximum atomic E-state index is 5.58. The lowest BCUT2D eigenvalue weighted by Crippen LogP contribution is -2.08. The second-order valence-corrected chi connectivity index (χ2v) is 3.58. The van der Waals surface area contributed by atoms with E-state index in [9.17, 15) is 0 Å². The van der Waals surface area contributed by atoms with Crippen molar-refractivity contribution in [3.63, 3.8) is 0 Å². The molecule has 1 aromatic carbocycles. The van der Waals surface area contributed by atoms with Gasteiger partial charge in [0, 0.05) is 12.5 Å². The van der Waals surface area contributed by atoms with E-state index in [0.717, 1.165) is 30.9 Å². The third kappa shape index (κ3) is 1.44. The predicted molar refractivity (Wildman–Crippen MR) is 57.9 cm³/mol. The van der Waals surface area contributed by atoms with Crippen molar-refractivity contribution >= 4 is 5.69 Å². The fourth-order valence-corrected chi connectivity index (χ4v) is 2.04. The molecule has 1 aliphatic heterocycles.